The largest absolute Gasteiger partial charge is 0.299 e. The molecule has 0 bridgehead atoms. The Morgan fingerprint density at radius 2 is 1.00 bits per heavy atom. The van der Waals surface area contributed by atoms with Gasteiger partial charge in [0.2, 0.25) is 0 Å². The van der Waals surface area contributed by atoms with Gasteiger partial charge in [-0.25, -0.2) is 0 Å². The highest BCUT2D eigenvalue weighted by molar-refractivity contribution is 9.10. The maximum Gasteiger partial charge on any atom is 0.0234 e. The van der Waals surface area contributed by atoms with Gasteiger partial charge < -0.3 is 0 Å². The molecule has 0 saturated heterocycles. The van der Waals surface area contributed by atoms with E-state index in [1.165, 1.54) is 139 Å². The van der Waals surface area contributed by atoms with Crippen molar-refractivity contribution >= 4 is 15.9 Å². The summed E-state index contributed by atoms with van der Waals surface area (Å²) in [5, 5.41) is 0. The van der Waals surface area contributed by atoms with E-state index in [0.29, 0.717) is 0 Å². The van der Waals surface area contributed by atoms with Gasteiger partial charge in [-0.15, -0.1) is 0 Å². The Labute approximate surface area is 203 Å². The topological polar surface area (TPSA) is 3.24 Å². The van der Waals surface area contributed by atoms with E-state index in [2.05, 4.69) is 58.9 Å². The van der Waals surface area contributed by atoms with Crippen LogP contribution in [0.15, 0.2) is 28.7 Å². The summed E-state index contributed by atoms with van der Waals surface area (Å²) >= 11 is 3.64. The minimum atomic E-state index is 1.10. The minimum absolute atomic E-state index is 1.10. The van der Waals surface area contributed by atoms with Gasteiger partial charge in [0.15, 0.2) is 0 Å². The van der Waals surface area contributed by atoms with Crippen LogP contribution in [0.4, 0.5) is 0 Å². The molecular formula is C29H52BrN. The van der Waals surface area contributed by atoms with Crippen LogP contribution in [0.3, 0.4) is 0 Å². The van der Waals surface area contributed by atoms with Gasteiger partial charge in [0.05, 0.1) is 0 Å². The van der Waals surface area contributed by atoms with Crippen LogP contribution >= 0.6 is 15.9 Å². The van der Waals surface area contributed by atoms with E-state index < -0.39 is 0 Å². The van der Waals surface area contributed by atoms with Crippen molar-refractivity contribution in [3.8, 4) is 0 Å². The Balaban J connectivity index is 2.21. The van der Waals surface area contributed by atoms with E-state index in [9.17, 15) is 0 Å². The average molecular weight is 495 g/mol. The molecule has 0 radical (unpaired) electrons. The molecule has 2 heteroatoms. The zero-order chi connectivity index (χ0) is 22.4. The average Bonchev–Trinajstić information content (AvgIpc) is 2.76. The first-order chi connectivity index (χ1) is 15.3. The molecule has 0 fully saturated rings. The molecule has 0 N–H and O–H groups in total. The van der Waals surface area contributed by atoms with Gasteiger partial charge in [0, 0.05) is 11.0 Å². The summed E-state index contributed by atoms with van der Waals surface area (Å²) in [7, 11) is 0. The molecule has 0 heterocycles. The molecule has 0 amide bonds. The zero-order valence-corrected chi connectivity index (χ0v) is 22.6. The van der Waals surface area contributed by atoms with Crippen molar-refractivity contribution in [2.75, 3.05) is 13.1 Å². The van der Waals surface area contributed by atoms with E-state index in [0.717, 1.165) is 6.54 Å². The molecule has 1 aromatic rings. The van der Waals surface area contributed by atoms with E-state index in [4.69, 9.17) is 0 Å². The number of nitrogens with zero attached hydrogens (tertiary/aromatic N) is 1. The van der Waals surface area contributed by atoms with Crippen molar-refractivity contribution in [3.05, 3.63) is 34.3 Å². The van der Waals surface area contributed by atoms with Crippen molar-refractivity contribution in [1.82, 2.24) is 4.90 Å². The predicted octanol–water partition coefficient (Wildman–Crippen LogP) is 10.3. The molecule has 0 atom stereocenters. The standard InChI is InChI=1S/C29H52BrN/c1-3-5-7-9-11-13-15-17-19-24-31(27-28-22-21-23-29(30)26-28)25-20-18-16-14-12-10-8-6-4-2/h21-23,26H,3-20,24-25,27H2,1-2H3. The van der Waals surface area contributed by atoms with Gasteiger partial charge in [-0.05, 0) is 43.6 Å². The van der Waals surface area contributed by atoms with Crippen LogP contribution in [-0.2, 0) is 6.54 Å². The molecule has 1 nitrogen and oxygen atoms in total. The number of hydrogen-bond donors (Lipinski definition) is 0. The number of unbranched alkanes of at least 4 members (excludes halogenated alkanes) is 16. The van der Waals surface area contributed by atoms with Gasteiger partial charge in [0.1, 0.15) is 0 Å². The fourth-order valence-electron chi connectivity index (χ4n) is 4.46. The minimum Gasteiger partial charge on any atom is -0.299 e. The normalized spacial score (nSPS) is 11.5. The van der Waals surface area contributed by atoms with E-state index in [1.807, 2.05) is 0 Å². The molecule has 1 rings (SSSR count). The quantitative estimate of drug-likeness (QED) is 0.145. The molecular weight excluding hydrogens is 442 g/mol. The van der Waals surface area contributed by atoms with Crippen LogP contribution in [0.5, 0.6) is 0 Å². The third kappa shape index (κ3) is 17.8. The molecule has 0 spiro atoms. The highest BCUT2D eigenvalue weighted by atomic mass is 79.9. The summed E-state index contributed by atoms with van der Waals surface area (Å²) in [5.74, 6) is 0. The van der Waals surface area contributed by atoms with Gasteiger partial charge in [-0.3, -0.25) is 4.90 Å². The van der Waals surface area contributed by atoms with Gasteiger partial charge in [-0.2, -0.15) is 0 Å². The summed E-state index contributed by atoms with van der Waals surface area (Å²) < 4.78 is 1.20. The molecule has 0 unspecified atom stereocenters. The Kier molecular flexibility index (Phi) is 19.9. The third-order valence-electron chi connectivity index (χ3n) is 6.45. The second kappa shape index (κ2) is 21.5. The van der Waals surface area contributed by atoms with Gasteiger partial charge >= 0.3 is 0 Å². The summed E-state index contributed by atoms with van der Waals surface area (Å²) in [4.78, 5) is 2.71. The molecule has 0 aliphatic heterocycles. The molecule has 0 aromatic heterocycles. The van der Waals surface area contributed by atoms with Crippen LogP contribution in [0.2, 0.25) is 0 Å². The SMILES string of the molecule is CCCCCCCCCCCN(CCCCCCCCCCC)Cc1cccc(Br)c1. The molecule has 0 aliphatic carbocycles. The van der Waals surface area contributed by atoms with Crippen molar-refractivity contribution in [2.24, 2.45) is 0 Å². The fraction of sp³-hybridized carbons (Fsp3) is 0.793. The predicted molar refractivity (Wildman–Crippen MR) is 144 cm³/mol. The van der Waals surface area contributed by atoms with Crippen molar-refractivity contribution in [2.45, 2.75) is 136 Å². The van der Waals surface area contributed by atoms with Crippen LogP contribution in [-0.4, -0.2) is 18.0 Å². The van der Waals surface area contributed by atoms with Crippen LogP contribution in [0.25, 0.3) is 0 Å². The lowest BCUT2D eigenvalue weighted by Gasteiger charge is -2.22. The highest BCUT2D eigenvalue weighted by Gasteiger charge is 2.07. The number of hydrogen-bond acceptors (Lipinski definition) is 1. The lowest BCUT2D eigenvalue weighted by atomic mass is 10.1. The summed E-state index contributed by atoms with van der Waals surface area (Å²) in [5.41, 5.74) is 1.45. The second-order valence-corrected chi connectivity index (χ2v) is 10.5. The lowest BCUT2D eigenvalue weighted by molar-refractivity contribution is 0.252. The van der Waals surface area contributed by atoms with E-state index in [1.54, 1.807) is 0 Å². The maximum atomic E-state index is 3.64. The highest BCUT2D eigenvalue weighted by Crippen LogP contribution is 2.16. The Bertz CT molecular complexity index is 479. The summed E-state index contributed by atoms with van der Waals surface area (Å²) in [6.45, 7) is 8.23. The van der Waals surface area contributed by atoms with Crippen LogP contribution < -0.4 is 0 Å². The van der Waals surface area contributed by atoms with Gasteiger partial charge in [0.25, 0.3) is 0 Å². The smallest absolute Gasteiger partial charge is 0.0234 e. The number of rotatable bonds is 22. The van der Waals surface area contributed by atoms with E-state index in [-0.39, 0.29) is 0 Å². The lowest BCUT2D eigenvalue weighted by Crippen LogP contribution is -2.25. The number of benzene rings is 1. The molecule has 180 valence electrons. The Morgan fingerprint density at radius 3 is 1.42 bits per heavy atom. The monoisotopic (exact) mass is 493 g/mol. The molecule has 31 heavy (non-hydrogen) atoms. The first kappa shape index (κ1) is 28.7. The van der Waals surface area contributed by atoms with E-state index >= 15 is 0 Å². The molecule has 0 saturated carbocycles. The summed E-state index contributed by atoms with van der Waals surface area (Å²) in [6, 6.07) is 8.88. The van der Waals surface area contributed by atoms with Crippen molar-refractivity contribution in [1.29, 1.82) is 0 Å². The van der Waals surface area contributed by atoms with Crippen LogP contribution in [0, 0.1) is 0 Å². The Morgan fingerprint density at radius 1 is 0.581 bits per heavy atom. The zero-order valence-electron chi connectivity index (χ0n) is 21.0. The summed E-state index contributed by atoms with van der Waals surface area (Å²) in [6.07, 6.45) is 25.5. The fourth-order valence-corrected chi connectivity index (χ4v) is 4.90. The third-order valence-corrected chi connectivity index (χ3v) is 6.94. The second-order valence-electron chi connectivity index (χ2n) is 9.56. The molecule has 1 aromatic carbocycles. The maximum absolute atomic E-state index is 3.64. The number of halogens is 1. The first-order valence-corrected chi connectivity index (χ1v) is 14.5. The van der Waals surface area contributed by atoms with Crippen LogP contribution in [0.1, 0.15) is 135 Å². The Hall–Kier alpha value is -0.340. The molecule has 0 aliphatic rings. The first-order valence-electron chi connectivity index (χ1n) is 13.7. The van der Waals surface area contributed by atoms with Crippen molar-refractivity contribution in [3.63, 3.8) is 0 Å². The van der Waals surface area contributed by atoms with Crippen molar-refractivity contribution < 1.29 is 0 Å². The van der Waals surface area contributed by atoms with Gasteiger partial charge in [-0.1, -0.05) is 145 Å².